The van der Waals surface area contributed by atoms with Gasteiger partial charge < -0.3 is 96.6 Å². The highest BCUT2D eigenvalue weighted by atomic mass is 16.6. The number of nitrogens with one attached hydrogen (secondary N) is 9. The van der Waals surface area contributed by atoms with E-state index in [9.17, 15) is 53.1 Å². The highest BCUT2D eigenvalue weighted by Crippen LogP contribution is 2.57. The average molecular weight is 1620 g/mol. The molecule has 7 aromatic rings. The lowest BCUT2D eigenvalue weighted by Gasteiger charge is -2.32. The predicted molar refractivity (Wildman–Crippen MR) is 441 cm³/mol. The van der Waals surface area contributed by atoms with Crippen LogP contribution < -0.4 is 87.4 Å². The molecule has 0 radical (unpaired) electrons. The van der Waals surface area contributed by atoms with Gasteiger partial charge in [0.1, 0.15) is 24.4 Å². The zero-order chi connectivity index (χ0) is 83.6. The van der Waals surface area contributed by atoms with E-state index in [4.69, 9.17) is 34.2 Å². The van der Waals surface area contributed by atoms with Crippen molar-refractivity contribution in [3.05, 3.63) is 202 Å². The zero-order valence-corrected chi connectivity index (χ0v) is 66.7. The number of para-hydroxylation sites is 1. The number of methoxy groups -OCH3 is 3. The van der Waals surface area contributed by atoms with E-state index in [1.807, 2.05) is 97.9 Å². The number of benzene rings is 7. The van der Waals surface area contributed by atoms with Gasteiger partial charge in [-0.1, -0.05) is 97.1 Å². The van der Waals surface area contributed by atoms with Gasteiger partial charge in [-0.05, 0) is 128 Å². The summed E-state index contributed by atoms with van der Waals surface area (Å²) in [5.74, 6) is -2.53. The van der Waals surface area contributed by atoms with Crippen molar-refractivity contribution in [1.29, 1.82) is 0 Å². The molecular formula is C87H97N15O17. The number of amides is 11. The first kappa shape index (κ1) is 82.2. The molecule has 0 bridgehead atoms. The van der Waals surface area contributed by atoms with Crippen LogP contribution in [-0.4, -0.2) is 183 Å². The molecular weight excluding hydrogens is 1530 g/mol. The van der Waals surface area contributed by atoms with Crippen molar-refractivity contribution in [3.63, 3.8) is 0 Å². The van der Waals surface area contributed by atoms with Crippen molar-refractivity contribution in [2.75, 3.05) is 87.7 Å². The molecule has 1 unspecified atom stereocenters. The van der Waals surface area contributed by atoms with E-state index < -0.39 is 85.0 Å². The van der Waals surface area contributed by atoms with Crippen molar-refractivity contribution < 1.29 is 81.5 Å². The number of rotatable bonds is 31. The fourth-order valence-corrected chi connectivity index (χ4v) is 15.9. The average Bonchev–Trinajstić information content (AvgIpc) is 1.56. The van der Waals surface area contributed by atoms with E-state index in [1.54, 1.807) is 88.5 Å². The fraction of sp³-hybridized carbons (Fsp3) is 0.356. The molecule has 6 aliphatic heterocycles. The van der Waals surface area contributed by atoms with Crippen LogP contribution in [0.1, 0.15) is 126 Å². The van der Waals surface area contributed by atoms with Crippen LogP contribution in [0.3, 0.4) is 0 Å². The number of aliphatic hydroxyl groups excluding tert-OH is 1. The lowest BCUT2D eigenvalue weighted by molar-refractivity contribution is -0.131. The summed E-state index contributed by atoms with van der Waals surface area (Å²) in [6, 6.07) is 40.4. The number of carbonyl (C=O) groups excluding carboxylic acids is 10. The lowest BCUT2D eigenvalue weighted by atomic mass is 9.95. The van der Waals surface area contributed by atoms with E-state index in [0.29, 0.717) is 71.9 Å². The van der Waals surface area contributed by atoms with Gasteiger partial charge in [-0.25, -0.2) is 14.5 Å². The predicted octanol–water partition coefficient (Wildman–Crippen LogP) is 7.43. The molecule has 2 fully saturated rings. The number of hydrogen-bond acceptors (Lipinski definition) is 21. The molecule has 6 heterocycles. The van der Waals surface area contributed by atoms with E-state index in [2.05, 4.69) is 48.2 Å². The molecule has 1 saturated heterocycles. The molecule has 5 atom stereocenters. The molecule has 622 valence electrons. The molecule has 7 aliphatic rings. The van der Waals surface area contributed by atoms with Crippen molar-refractivity contribution in [2.24, 2.45) is 11.1 Å². The maximum absolute atomic E-state index is 14.7. The standard InChI is InChI=1S/C87H97N15O17/c1-51(2)102-79-61-19-11-12-21-67(61)99(47-55-17-9-10-18-60(55)78(79)96-97-102)77(106)31-30-74(103)91-45-75(104)92-46-76(105)94-66(37-52-15-7-6-8-16-52)81(108)95-64(20-13-34-89-85(88)112)80(107)93-57-26-22-53(23-27-57)49-119-86(113)101-68-42-73(71(116-5)40-63(68)83(110)100-50-87(32-33-87)43-69(100)84(101)111)118-36-14-35-117-72-41-65-62(39-70(72)115-4)82(109)98-48-56(38-58(98)44-90-65)54-24-28-59(114-3)29-25-54/h6-12,15-19,21-29,39-42,48,51,58,64,66,69,84,90,96-97,111H,13-14,20,30-38,43-47,49-50H2,1-5H3,(H,91,103)(H,92,104)(H,93,107)(H,94,105)(H,95,108)(H3,88,89,112)/t58-,64-,66-,69-,84?/m0/s1. The van der Waals surface area contributed by atoms with Gasteiger partial charge in [0.2, 0.25) is 35.4 Å². The Bertz CT molecular complexity index is 5100. The second-order valence-corrected chi connectivity index (χ2v) is 30.6. The molecule has 7 aromatic carbocycles. The first-order chi connectivity index (χ1) is 57.6. The Morgan fingerprint density at radius 1 is 0.655 bits per heavy atom. The highest BCUT2D eigenvalue weighted by molar-refractivity contribution is 6.07. The number of carbonyl (C=O) groups is 10. The summed E-state index contributed by atoms with van der Waals surface area (Å²) < 4.78 is 35.4. The number of aliphatic hydroxyl groups is 1. The first-order valence-corrected chi connectivity index (χ1v) is 39.8. The number of ether oxygens (including phenoxy) is 6. The maximum Gasteiger partial charge on any atom is 0.416 e. The molecule has 0 aromatic heterocycles. The number of urea groups is 1. The van der Waals surface area contributed by atoms with Gasteiger partial charge in [0.25, 0.3) is 11.8 Å². The summed E-state index contributed by atoms with van der Waals surface area (Å²) >= 11 is 0. The van der Waals surface area contributed by atoms with Crippen molar-refractivity contribution in [3.8, 4) is 28.7 Å². The summed E-state index contributed by atoms with van der Waals surface area (Å²) in [7, 11) is 4.55. The zero-order valence-electron chi connectivity index (χ0n) is 66.7. The molecule has 32 heteroatoms. The summed E-state index contributed by atoms with van der Waals surface area (Å²) in [4.78, 5) is 144. The highest BCUT2D eigenvalue weighted by Gasteiger charge is 2.58. The number of fused-ring (bicyclic) bond motifs is 8. The van der Waals surface area contributed by atoms with Crippen molar-refractivity contribution in [1.82, 2.24) is 52.4 Å². The summed E-state index contributed by atoms with van der Waals surface area (Å²) in [6.07, 6.45) is 2.25. The van der Waals surface area contributed by atoms with Gasteiger partial charge in [-0.15, -0.1) is 5.53 Å². The van der Waals surface area contributed by atoms with E-state index in [-0.39, 0.29) is 123 Å². The summed E-state index contributed by atoms with van der Waals surface area (Å²) in [6.45, 7) is 4.02. The van der Waals surface area contributed by atoms with Gasteiger partial charge in [0.15, 0.2) is 29.2 Å². The van der Waals surface area contributed by atoms with Gasteiger partial charge in [0.05, 0.1) is 106 Å². The Balaban J connectivity index is 0.582. The number of primary amides is 1. The molecule has 12 N–H and O–H groups in total. The third kappa shape index (κ3) is 18.7. The van der Waals surface area contributed by atoms with E-state index in [0.717, 1.165) is 62.7 Å². The quantitative estimate of drug-likeness (QED) is 0.0188. The van der Waals surface area contributed by atoms with Crippen LogP contribution in [0.2, 0.25) is 0 Å². The van der Waals surface area contributed by atoms with E-state index in [1.165, 1.54) is 26.4 Å². The Morgan fingerprint density at radius 2 is 1.34 bits per heavy atom. The van der Waals surface area contributed by atoms with E-state index >= 15 is 0 Å². The van der Waals surface area contributed by atoms with Gasteiger partial charge >= 0.3 is 12.1 Å². The molecule has 11 amide bonds. The number of hydrazine groups is 2. The van der Waals surface area contributed by atoms with Crippen LogP contribution in [0.15, 0.2) is 158 Å². The largest absolute Gasteiger partial charge is 0.497 e. The molecule has 14 rings (SSSR count). The molecule has 119 heavy (non-hydrogen) atoms. The maximum atomic E-state index is 14.7. The summed E-state index contributed by atoms with van der Waals surface area (Å²) in [5, 5.41) is 33.5. The smallest absolute Gasteiger partial charge is 0.416 e. The number of anilines is 4. The minimum atomic E-state index is -1.54. The Hall–Kier alpha value is -13.4. The monoisotopic (exact) mass is 1620 g/mol. The Morgan fingerprint density at radius 3 is 2.06 bits per heavy atom. The van der Waals surface area contributed by atoms with Gasteiger partial charge in [-0.3, -0.25) is 43.4 Å². The number of nitrogens with two attached hydrogens (primary N) is 1. The topological polar surface area (TPSA) is 397 Å². The molecule has 32 nitrogen and oxygen atoms in total. The minimum absolute atomic E-state index is 0.0174. The minimum Gasteiger partial charge on any atom is -0.497 e. The Labute approximate surface area is 687 Å². The van der Waals surface area contributed by atoms with Gasteiger partial charge in [-0.2, -0.15) is 0 Å². The van der Waals surface area contributed by atoms with Crippen molar-refractivity contribution >= 4 is 99.1 Å². The first-order valence-electron chi connectivity index (χ1n) is 39.8. The second kappa shape index (κ2) is 36.4. The van der Waals surface area contributed by atoms with Crippen LogP contribution in [0, 0.1) is 5.41 Å². The Kier molecular flexibility index (Phi) is 25.2. The van der Waals surface area contributed by atoms with Crippen LogP contribution in [0.5, 0.6) is 28.7 Å². The number of nitrogens with zero attached hydrogens (tertiary/aromatic N) is 5. The SMILES string of the molecule is COc1ccc(C2=CN3C(=O)c4cc(OC)c(OCCCOc5cc6c(cc5OC)C(=O)N5CC7(CC7)C[C@H]5C(O)N6C(=O)OCc5ccc(NC(=O)[C@H](CCCNC(N)=O)NC(=O)[C@H](Cc6ccccc6)NC(=O)CNC(=O)CNC(=O)CCC(=O)N6Cc7ccccc7C7=C(c8ccccc86)N(C(C)C)NN7)cc5)cc4NC[C@@H]3C2)cc1. The fourth-order valence-electron chi connectivity index (χ4n) is 15.9. The van der Waals surface area contributed by atoms with Gasteiger partial charge in [0, 0.05) is 86.5 Å². The lowest BCUT2D eigenvalue weighted by Crippen LogP contribution is -2.55. The molecule has 1 saturated carbocycles. The normalized spacial score (nSPS) is 17.5. The van der Waals surface area contributed by atoms with Crippen molar-refractivity contribution in [2.45, 2.75) is 128 Å². The van der Waals surface area contributed by atoms with Crippen LogP contribution in [-0.2, 0) is 53.1 Å². The third-order valence-corrected chi connectivity index (χ3v) is 22.3. The molecule has 1 spiro atoms. The summed E-state index contributed by atoms with van der Waals surface area (Å²) in [5.41, 5.74) is 21.4. The van der Waals surface area contributed by atoms with Crippen LogP contribution >= 0.6 is 0 Å². The van der Waals surface area contributed by atoms with Crippen LogP contribution in [0.4, 0.5) is 32.3 Å². The molecule has 1 aliphatic carbocycles. The third-order valence-electron chi connectivity index (χ3n) is 22.3. The van der Waals surface area contributed by atoms with Crippen LogP contribution in [0.25, 0.3) is 17.0 Å². The second-order valence-electron chi connectivity index (χ2n) is 30.6. The number of hydrogen-bond donors (Lipinski definition) is 11.